The first kappa shape index (κ1) is 10.7. The number of hydrogen-bond acceptors (Lipinski definition) is 3. The second kappa shape index (κ2) is 4.13. The number of nitrogens with zero attached hydrogens (tertiary/aromatic N) is 2. The van der Waals surface area contributed by atoms with Crippen LogP contribution >= 0.6 is 0 Å². The van der Waals surface area contributed by atoms with Crippen LogP contribution in [0.25, 0.3) is 11.0 Å². The molecule has 0 spiro atoms. The molecule has 0 bridgehead atoms. The minimum atomic E-state index is -0.287. The smallest absolute Gasteiger partial charge is 0.0955 e. The molecule has 0 aliphatic carbocycles. The molecule has 0 saturated carbocycles. The lowest BCUT2D eigenvalue weighted by molar-refractivity contribution is 0.0966. The molecule has 0 radical (unpaired) electrons. The lowest BCUT2D eigenvalue weighted by Gasteiger charge is -2.29. The van der Waals surface area contributed by atoms with E-state index in [1.165, 1.54) is 0 Å². The lowest BCUT2D eigenvalue weighted by atomic mass is 9.94. The van der Waals surface area contributed by atoms with Crippen LogP contribution in [0.2, 0.25) is 0 Å². The molecule has 2 atom stereocenters. The van der Waals surface area contributed by atoms with E-state index in [-0.39, 0.29) is 12.1 Å². The van der Waals surface area contributed by atoms with E-state index in [4.69, 9.17) is 0 Å². The molecule has 17 heavy (non-hydrogen) atoms. The van der Waals surface area contributed by atoms with Gasteiger partial charge in [0.1, 0.15) is 0 Å². The van der Waals surface area contributed by atoms with E-state index in [1.54, 1.807) is 0 Å². The van der Waals surface area contributed by atoms with Crippen LogP contribution in [0.1, 0.15) is 24.4 Å². The molecule has 2 unspecified atom stereocenters. The van der Waals surface area contributed by atoms with Crippen molar-refractivity contribution >= 4 is 11.0 Å². The third-order valence-electron chi connectivity index (χ3n) is 3.53. The van der Waals surface area contributed by atoms with Crippen molar-refractivity contribution < 1.29 is 5.11 Å². The maximum absolute atomic E-state index is 10.0. The molecular weight excluding hydrogens is 214 g/mol. The summed E-state index contributed by atoms with van der Waals surface area (Å²) in [5.74, 6) is 0. The molecule has 1 aromatic carbocycles. The summed E-state index contributed by atoms with van der Waals surface area (Å²) in [4.78, 5) is 4.35. The maximum atomic E-state index is 10.0. The molecule has 2 N–H and O–H groups in total. The van der Waals surface area contributed by atoms with Gasteiger partial charge >= 0.3 is 0 Å². The van der Waals surface area contributed by atoms with Crippen molar-refractivity contribution in [2.24, 2.45) is 7.05 Å². The Morgan fingerprint density at radius 3 is 3.18 bits per heavy atom. The normalized spacial score (nSPS) is 25.3. The Kier molecular flexibility index (Phi) is 2.61. The van der Waals surface area contributed by atoms with Crippen molar-refractivity contribution in [1.82, 2.24) is 14.9 Å². The quantitative estimate of drug-likeness (QED) is 0.779. The van der Waals surface area contributed by atoms with Gasteiger partial charge in [0.25, 0.3) is 0 Å². The molecule has 4 nitrogen and oxygen atoms in total. The zero-order valence-electron chi connectivity index (χ0n) is 9.93. The molecular formula is C13H17N3O. The van der Waals surface area contributed by atoms with Gasteiger partial charge in [-0.05, 0) is 37.1 Å². The van der Waals surface area contributed by atoms with E-state index >= 15 is 0 Å². The van der Waals surface area contributed by atoms with E-state index in [0.717, 1.165) is 36.0 Å². The lowest BCUT2D eigenvalue weighted by Crippen LogP contribution is -2.37. The van der Waals surface area contributed by atoms with E-state index in [1.807, 2.05) is 17.9 Å². The van der Waals surface area contributed by atoms with Crippen molar-refractivity contribution in [3.8, 4) is 0 Å². The van der Waals surface area contributed by atoms with Gasteiger partial charge in [0.15, 0.2) is 0 Å². The van der Waals surface area contributed by atoms with Crippen LogP contribution in [0.3, 0.4) is 0 Å². The summed E-state index contributed by atoms with van der Waals surface area (Å²) in [6.07, 6.45) is 3.45. The Hall–Kier alpha value is -1.39. The SMILES string of the molecule is Cn1cnc2cc(C3NCCCC3O)ccc21. The minimum Gasteiger partial charge on any atom is -0.391 e. The molecule has 90 valence electrons. The van der Waals surface area contributed by atoms with Crippen LogP contribution in [-0.2, 0) is 7.05 Å². The fourth-order valence-electron chi connectivity index (χ4n) is 2.56. The van der Waals surface area contributed by atoms with E-state index in [2.05, 4.69) is 28.5 Å². The molecule has 1 aliphatic heterocycles. The topological polar surface area (TPSA) is 50.1 Å². The van der Waals surface area contributed by atoms with Crippen LogP contribution in [0.5, 0.6) is 0 Å². The highest BCUT2D eigenvalue weighted by Gasteiger charge is 2.24. The second-order valence-corrected chi connectivity index (χ2v) is 4.74. The third kappa shape index (κ3) is 1.83. The Balaban J connectivity index is 1.99. The van der Waals surface area contributed by atoms with Crippen LogP contribution in [0.4, 0.5) is 0 Å². The van der Waals surface area contributed by atoms with Gasteiger partial charge in [0.2, 0.25) is 0 Å². The Morgan fingerprint density at radius 2 is 2.35 bits per heavy atom. The summed E-state index contributed by atoms with van der Waals surface area (Å²) in [6.45, 7) is 0.974. The highest BCUT2D eigenvalue weighted by molar-refractivity contribution is 5.76. The molecule has 2 aromatic rings. The molecule has 1 saturated heterocycles. The fraction of sp³-hybridized carbons (Fsp3) is 0.462. The van der Waals surface area contributed by atoms with Crippen molar-refractivity contribution in [2.45, 2.75) is 25.0 Å². The second-order valence-electron chi connectivity index (χ2n) is 4.74. The molecule has 1 fully saturated rings. The predicted molar refractivity (Wildman–Crippen MR) is 66.7 cm³/mol. The third-order valence-corrected chi connectivity index (χ3v) is 3.53. The number of nitrogens with one attached hydrogen (secondary N) is 1. The summed E-state index contributed by atoms with van der Waals surface area (Å²) in [6, 6.07) is 6.27. The van der Waals surface area contributed by atoms with Gasteiger partial charge in [-0.1, -0.05) is 6.07 Å². The molecule has 3 rings (SSSR count). The number of hydrogen-bond donors (Lipinski definition) is 2. The highest BCUT2D eigenvalue weighted by Crippen LogP contribution is 2.25. The van der Waals surface area contributed by atoms with Crippen molar-refractivity contribution in [2.75, 3.05) is 6.54 Å². The van der Waals surface area contributed by atoms with Crippen LogP contribution in [-0.4, -0.2) is 27.3 Å². The van der Waals surface area contributed by atoms with Crippen molar-refractivity contribution in [3.63, 3.8) is 0 Å². The summed E-state index contributed by atoms with van der Waals surface area (Å²) >= 11 is 0. The number of rotatable bonds is 1. The van der Waals surface area contributed by atoms with Crippen LogP contribution in [0, 0.1) is 0 Å². The van der Waals surface area contributed by atoms with E-state index < -0.39 is 0 Å². The monoisotopic (exact) mass is 231 g/mol. The van der Waals surface area contributed by atoms with Crippen LogP contribution < -0.4 is 5.32 Å². The van der Waals surface area contributed by atoms with Gasteiger partial charge in [-0.2, -0.15) is 0 Å². The summed E-state index contributed by atoms with van der Waals surface area (Å²) in [7, 11) is 1.99. The summed E-state index contributed by atoms with van der Waals surface area (Å²) in [5, 5.41) is 13.4. The number of fused-ring (bicyclic) bond motifs is 1. The fourth-order valence-corrected chi connectivity index (χ4v) is 2.56. The summed E-state index contributed by atoms with van der Waals surface area (Å²) in [5.41, 5.74) is 3.24. The zero-order chi connectivity index (χ0) is 11.8. The Morgan fingerprint density at radius 1 is 1.47 bits per heavy atom. The molecule has 1 aromatic heterocycles. The number of aliphatic hydroxyl groups excluding tert-OH is 1. The number of benzene rings is 1. The predicted octanol–water partition coefficient (Wildman–Crippen LogP) is 1.36. The number of aryl methyl sites for hydroxylation is 1. The first-order valence-electron chi connectivity index (χ1n) is 6.08. The zero-order valence-corrected chi connectivity index (χ0v) is 9.93. The molecule has 4 heteroatoms. The average Bonchev–Trinajstić information content (AvgIpc) is 2.71. The first-order valence-corrected chi connectivity index (χ1v) is 6.08. The van der Waals surface area contributed by atoms with E-state index in [0.29, 0.717) is 0 Å². The number of aliphatic hydroxyl groups is 1. The largest absolute Gasteiger partial charge is 0.391 e. The van der Waals surface area contributed by atoms with Crippen LogP contribution in [0.15, 0.2) is 24.5 Å². The van der Waals surface area contributed by atoms with Gasteiger partial charge in [0.05, 0.1) is 29.5 Å². The minimum absolute atomic E-state index is 0.0511. The van der Waals surface area contributed by atoms with Gasteiger partial charge in [0, 0.05) is 7.05 Å². The number of imidazole rings is 1. The highest BCUT2D eigenvalue weighted by atomic mass is 16.3. The molecule has 0 amide bonds. The Labute approximate surface area is 100 Å². The van der Waals surface area contributed by atoms with Gasteiger partial charge in [-0.15, -0.1) is 0 Å². The average molecular weight is 231 g/mol. The summed E-state index contributed by atoms with van der Waals surface area (Å²) < 4.78 is 2.00. The number of aromatic nitrogens is 2. The maximum Gasteiger partial charge on any atom is 0.0955 e. The van der Waals surface area contributed by atoms with Gasteiger partial charge in [-0.25, -0.2) is 4.98 Å². The standard InChI is InChI=1S/C13H17N3O/c1-16-8-15-10-7-9(4-5-11(10)16)13-12(17)3-2-6-14-13/h4-5,7-8,12-14,17H,2-3,6H2,1H3. The van der Waals surface area contributed by atoms with Crippen molar-refractivity contribution in [1.29, 1.82) is 0 Å². The molecule has 2 heterocycles. The first-order chi connectivity index (χ1) is 8.25. The number of piperidine rings is 1. The van der Waals surface area contributed by atoms with E-state index in [9.17, 15) is 5.11 Å². The van der Waals surface area contributed by atoms with Gasteiger partial charge < -0.3 is 15.0 Å². The van der Waals surface area contributed by atoms with Crippen molar-refractivity contribution in [3.05, 3.63) is 30.1 Å². The molecule has 1 aliphatic rings. The Bertz CT molecular complexity index is 534. The van der Waals surface area contributed by atoms with Gasteiger partial charge in [-0.3, -0.25) is 0 Å².